The Morgan fingerprint density at radius 3 is 2.70 bits per heavy atom. The Morgan fingerprint density at radius 2 is 2.09 bits per heavy atom. The molecule has 0 heterocycles. The quantitative estimate of drug-likeness (QED) is 0.816. The Morgan fingerprint density at radius 1 is 1.39 bits per heavy atom. The van der Waals surface area contributed by atoms with E-state index in [0.29, 0.717) is 10.9 Å². The maximum absolute atomic E-state index is 12.3. The average molecular weight is 361 g/mol. The van der Waals surface area contributed by atoms with Crippen molar-refractivity contribution in [2.45, 2.75) is 44.2 Å². The molecular formula is C17H26Cl2N2O2. The van der Waals surface area contributed by atoms with Gasteiger partial charge in [-0.3, -0.25) is 4.79 Å². The number of hydrogen-bond acceptors (Lipinski definition) is 3. The highest BCUT2D eigenvalue weighted by atomic mass is 35.5. The van der Waals surface area contributed by atoms with Crippen molar-refractivity contribution in [2.24, 2.45) is 11.7 Å². The largest absolute Gasteiger partial charge is 0.383 e. The fourth-order valence-corrected chi connectivity index (χ4v) is 3.36. The van der Waals surface area contributed by atoms with Crippen molar-refractivity contribution < 1.29 is 9.53 Å². The van der Waals surface area contributed by atoms with Crippen LogP contribution in [0.1, 0.15) is 43.7 Å². The molecular weight excluding hydrogens is 335 g/mol. The number of nitrogens with two attached hydrogens (primary N) is 1. The van der Waals surface area contributed by atoms with E-state index < -0.39 is 6.04 Å². The van der Waals surface area contributed by atoms with Crippen LogP contribution in [-0.2, 0) is 9.53 Å². The topological polar surface area (TPSA) is 64.3 Å². The van der Waals surface area contributed by atoms with Gasteiger partial charge in [0.05, 0.1) is 12.6 Å². The SMILES string of the molecule is COCC(N)C(=O)NC(c1cccc(Cl)c1)C1CCCCC1.Cl. The molecule has 0 radical (unpaired) electrons. The standard InChI is InChI=1S/C17H25ClN2O2.ClH/c1-22-11-15(19)17(21)20-16(12-6-3-2-4-7-12)13-8-5-9-14(18)10-13;/h5,8-10,12,15-16H,2-4,6-7,11,19H2,1H3,(H,20,21);1H. The van der Waals surface area contributed by atoms with Crippen LogP contribution in [-0.4, -0.2) is 25.7 Å². The maximum Gasteiger partial charge on any atom is 0.239 e. The van der Waals surface area contributed by atoms with E-state index in [9.17, 15) is 4.79 Å². The Labute approximate surface area is 149 Å². The lowest BCUT2D eigenvalue weighted by molar-refractivity contribution is -0.124. The zero-order valence-corrected chi connectivity index (χ0v) is 15.0. The molecule has 0 aromatic heterocycles. The van der Waals surface area contributed by atoms with Crippen molar-refractivity contribution in [3.05, 3.63) is 34.9 Å². The lowest BCUT2D eigenvalue weighted by Crippen LogP contribution is -2.46. The van der Waals surface area contributed by atoms with Crippen LogP contribution in [0.2, 0.25) is 5.02 Å². The zero-order valence-electron chi connectivity index (χ0n) is 13.5. The van der Waals surface area contributed by atoms with Gasteiger partial charge < -0.3 is 15.8 Å². The van der Waals surface area contributed by atoms with Gasteiger partial charge in [0, 0.05) is 12.1 Å². The number of ether oxygens (including phenoxy) is 1. The third kappa shape index (κ3) is 5.96. The number of rotatable bonds is 6. The van der Waals surface area contributed by atoms with Crippen LogP contribution in [0.15, 0.2) is 24.3 Å². The van der Waals surface area contributed by atoms with Gasteiger partial charge in [0.25, 0.3) is 0 Å². The molecule has 1 aromatic carbocycles. The van der Waals surface area contributed by atoms with E-state index >= 15 is 0 Å². The molecule has 23 heavy (non-hydrogen) atoms. The van der Waals surface area contributed by atoms with E-state index in [1.807, 2.05) is 24.3 Å². The fourth-order valence-electron chi connectivity index (χ4n) is 3.16. The molecule has 0 aliphatic heterocycles. The summed E-state index contributed by atoms with van der Waals surface area (Å²) >= 11 is 6.12. The zero-order chi connectivity index (χ0) is 15.9. The fraction of sp³-hybridized carbons (Fsp3) is 0.588. The summed E-state index contributed by atoms with van der Waals surface area (Å²) in [6.07, 6.45) is 5.94. The normalized spacial score (nSPS) is 17.9. The molecule has 2 atom stereocenters. The second kappa shape index (κ2) is 10.1. The van der Waals surface area contributed by atoms with E-state index in [1.165, 1.54) is 19.3 Å². The number of halogens is 2. The van der Waals surface area contributed by atoms with E-state index in [-0.39, 0.29) is 31.0 Å². The summed E-state index contributed by atoms with van der Waals surface area (Å²) < 4.78 is 4.97. The average Bonchev–Trinajstić information content (AvgIpc) is 2.53. The van der Waals surface area contributed by atoms with Crippen molar-refractivity contribution in [1.29, 1.82) is 0 Å². The first-order valence-corrected chi connectivity index (χ1v) is 8.30. The molecule has 2 rings (SSSR count). The first-order valence-electron chi connectivity index (χ1n) is 7.92. The van der Waals surface area contributed by atoms with Crippen molar-refractivity contribution >= 4 is 29.9 Å². The van der Waals surface area contributed by atoms with Crippen molar-refractivity contribution in [1.82, 2.24) is 5.32 Å². The maximum atomic E-state index is 12.3. The number of amides is 1. The highest BCUT2D eigenvalue weighted by molar-refractivity contribution is 6.30. The van der Waals surface area contributed by atoms with Gasteiger partial charge in [-0.15, -0.1) is 12.4 Å². The van der Waals surface area contributed by atoms with Gasteiger partial charge in [0.1, 0.15) is 6.04 Å². The number of carbonyl (C=O) groups is 1. The number of hydrogen-bond donors (Lipinski definition) is 2. The summed E-state index contributed by atoms with van der Waals surface area (Å²) in [6, 6.07) is 7.05. The van der Waals surface area contributed by atoms with E-state index in [1.54, 1.807) is 7.11 Å². The van der Waals surface area contributed by atoms with Gasteiger partial charge in [0.2, 0.25) is 5.91 Å². The van der Waals surface area contributed by atoms with E-state index in [2.05, 4.69) is 5.32 Å². The molecule has 1 aromatic rings. The highest BCUT2D eigenvalue weighted by Crippen LogP contribution is 2.35. The molecule has 6 heteroatoms. The first kappa shape index (κ1) is 20.2. The highest BCUT2D eigenvalue weighted by Gasteiger charge is 2.28. The second-order valence-electron chi connectivity index (χ2n) is 6.00. The molecule has 130 valence electrons. The van der Waals surface area contributed by atoms with Gasteiger partial charge in [0.15, 0.2) is 0 Å². The minimum Gasteiger partial charge on any atom is -0.383 e. The monoisotopic (exact) mass is 360 g/mol. The summed E-state index contributed by atoms with van der Waals surface area (Å²) in [6.45, 7) is 0.221. The van der Waals surface area contributed by atoms with Crippen LogP contribution in [0.25, 0.3) is 0 Å². The van der Waals surface area contributed by atoms with E-state index in [0.717, 1.165) is 18.4 Å². The number of nitrogens with one attached hydrogen (secondary N) is 1. The minimum absolute atomic E-state index is 0. The van der Waals surface area contributed by atoms with Crippen LogP contribution in [0.3, 0.4) is 0 Å². The predicted molar refractivity (Wildman–Crippen MR) is 96.0 cm³/mol. The van der Waals surface area contributed by atoms with Crippen molar-refractivity contribution in [3.8, 4) is 0 Å². The minimum atomic E-state index is -0.643. The second-order valence-corrected chi connectivity index (χ2v) is 6.44. The number of benzene rings is 1. The molecule has 3 N–H and O–H groups in total. The Kier molecular flexibility index (Phi) is 8.92. The lowest BCUT2D eigenvalue weighted by Gasteiger charge is -2.32. The Balaban J connectivity index is 0.00000264. The molecule has 1 saturated carbocycles. The Bertz CT molecular complexity index is 493. The first-order chi connectivity index (χ1) is 10.6. The third-order valence-electron chi connectivity index (χ3n) is 4.31. The van der Waals surface area contributed by atoms with E-state index in [4.69, 9.17) is 22.1 Å². The molecule has 0 bridgehead atoms. The summed E-state index contributed by atoms with van der Waals surface area (Å²) in [7, 11) is 1.54. The van der Waals surface area contributed by atoms with Gasteiger partial charge >= 0.3 is 0 Å². The Hall–Kier alpha value is -0.810. The lowest BCUT2D eigenvalue weighted by atomic mass is 9.81. The molecule has 1 aliphatic carbocycles. The summed E-state index contributed by atoms with van der Waals surface area (Å²) in [5.74, 6) is 0.267. The van der Waals surface area contributed by atoms with Crippen LogP contribution in [0.5, 0.6) is 0 Å². The van der Waals surface area contributed by atoms with Crippen LogP contribution < -0.4 is 11.1 Å². The van der Waals surface area contributed by atoms with Gasteiger partial charge in [-0.1, -0.05) is 43.0 Å². The molecule has 2 unspecified atom stereocenters. The molecule has 4 nitrogen and oxygen atoms in total. The molecule has 1 aliphatic rings. The molecule has 0 saturated heterocycles. The van der Waals surface area contributed by atoms with Gasteiger partial charge in [-0.2, -0.15) is 0 Å². The molecule has 0 spiro atoms. The number of methoxy groups -OCH3 is 1. The number of carbonyl (C=O) groups excluding carboxylic acids is 1. The summed E-state index contributed by atoms with van der Waals surface area (Å²) in [5, 5.41) is 3.80. The van der Waals surface area contributed by atoms with Crippen molar-refractivity contribution in [3.63, 3.8) is 0 Å². The third-order valence-corrected chi connectivity index (χ3v) is 4.54. The van der Waals surface area contributed by atoms with Crippen LogP contribution in [0, 0.1) is 5.92 Å². The predicted octanol–water partition coefficient (Wildman–Crippen LogP) is 3.47. The van der Waals surface area contributed by atoms with Crippen molar-refractivity contribution in [2.75, 3.05) is 13.7 Å². The van der Waals surface area contributed by atoms with Crippen LogP contribution >= 0.6 is 24.0 Å². The summed E-state index contributed by atoms with van der Waals surface area (Å²) in [5.41, 5.74) is 6.90. The summed E-state index contributed by atoms with van der Waals surface area (Å²) in [4.78, 5) is 12.3. The van der Waals surface area contributed by atoms with Gasteiger partial charge in [-0.25, -0.2) is 0 Å². The smallest absolute Gasteiger partial charge is 0.239 e. The van der Waals surface area contributed by atoms with Crippen LogP contribution in [0.4, 0.5) is 0 Å². The van der Waals surface area contributed by atoms with Gasteiger partial charge in [-0.05, 0) is 36.5 Å². The molecule has 1 amide bonds. The molecule has 1 fully saturated rings.